The molecule has 5 nitrogen and oxygen atoms in total. The molecule has 15 heavy (non-hydrogen) atoms. The zero-order chi connectivity index (χ0) is 11.3. The fraction of sp³-hybridized carbons (Fsp3) is 0.600. The number of hydrogen-bond acceptors (Lipinski definition) is 4. The molecule has 5 heteroatoms. The van der Waals surface area contributed by atoms with Crippen LogP contribution in [-0.4, -0.2) is 22.6 Å². The second-order valence-corrected chi connectivity index (χ2v) is 3.87. The molecule has 0 saturated heterocycles. The zero-order valence-electron chi connectivity index (χ0n) is 9.16. The first kappa shape index (κ1) is 11.7. The van der Waals surface area contributed by atoms with Gasteiger partial charge in [-0.3, -0.25) is 4.79 Å². The number of aromatic nitrogens is 2. The molecule has 1 rings (SSSR count). The van der Waals surface area contributed by atoms with Gasteiger partial charge in [0.05, 0.1) is 6.33 Å². The van der Waals surface area contributed by atoms with E-state index in [1.165, 1.54) is 12.4 Å². The third-order valence-corrected chi connectivity index (χ3v) is 2.29. The Bertz CT molecular complexity index is 347. The van der Waals surface area contributed by atoms with E-state index in [9.17, 15) is 4.79 Å². The summed E-state index contributed by atoms with van der Waals surface area (Å²) in [5.74, 6) is 1.06. The Balaban J connectivity index is 2.69. The van der Waals surface area contributed by atoms with Gasteiger partial charge >= 0.3 is 0 Å². The first-order chi connectivity index (χ1) is 7.13. The lowest BCUT2D eigenvalue weighted by Gasteiger charge is -2.21. The number of nitrogens with one attached hydrogen (secondary N) is 2. The lowest BCUT2D eigenvalue weighted by molar-refractivity contribution is 0.497. The topological polar surface area (TPSA) is 83.8 Å². The first-order valence-corrected chi connectivity index (χ1v) is 5.15. The number of anilines is 1. The van der Waals surface area contributed by atoms with Crippen molar-refractivity contribution in [2.75, 3.05) is 11.9 Å². The van der Waals surface area contributed by atoms with Crippen molar-refractivity contribution in [3.8, 4) is 0 Å². The SMILES string of the molecule is CC(C)C(CCN)Nc1cc(=O)[nH]cn1. The van der Waals surface area contributed by atoms with Crippen molar-refractivity contribution in [2.45, 2.75) is 26.3 Å². The summed E-state index contributed by atoms with van der Waals surface area (Å²) < 4.78 is 0. The Hall–Kier alpha value is -1.36. The Morgan fingerprint density at radius 3 is 2.87 bits per heavy atom. The van der Waals surface area contributed by atoms with E-state index in [1.807, 2.05) is 0 Å². The minimum Gasteiger partial charge on any atom is -0.367 e. The number of aromatic amines is 1. The predicted molar refractivity (Wildman–Crippen MR) is 60.8 cm³/mol. The van der Waals surface area contributed by atoms with E-state index in [4.69, 9.17) is 5.73 Å². The van der Waals surface area contributed by atoms with E-state index < -0.39 is 0 Å². The van der Waals surface area contributed by atoms with Gasteiger partial charge in [0, 0.05) is 12.1 Å². The molecule has 0 fully saturated rings. The monoisotopic (exact) mass is 210 g/mol. The third kappa shape index (κ3) is 3.71. The second-order valence-electron chi connectivity index (χ2n) is 3.87. The Kier molecular flexibility index (Phi) is 4.30. The van der Waals surface area contributed by atoms with Crippen molar-refractivity contribution in [1.29, 1.82) is 0 Å². The van der Waals surface area contributed by atoms with E-state index in [1.54, 1.807) is 0 Å². The Morgan fingerprint density at radius 2 is 2.33 bits per heavy atom. The number of H-pyrrole nitrogens is 1. The van der Waals surface area contributed by atoms with Crippen LogP contribution in [-0.2, 0) is 0 Å². The molecule has 0 spiro atoms. The largest absolute Gasteiger partial charge is 0.367 e. The average molecular weight is 210 g/mol. The van der Waals surface area contributed by atoms with E-state index in [0.717, 1.165) is 6.42 Å². The van der Waals surface area contributed by atoms with Gasteiger partial charge in [0.15, 0.2) is 0 Å². The molecule has 1 heterocycles. The molecule has 0 saturated carbocycles. The molecule has 0 aliphatic heterocycles. The molecule has 84 valence electrons. The molecule has 1 aromatic rings. The lowest BCUT2D eigenvalue weighted by Crippen LogP contribution is -2.29. The highest BCUT2D eigenvalue weighted by atomic mass is 16.1. The second kappa shape index (κ2) is 5.50. The van der Waals surface area contributed by atoms with Gasteiger partial charge in [-0.2, -0.15) is 0 Å². The summed E-state index contributed by atoms with van der Waals surface area (Å²) in [5.41, 5.74) is 5.37. The molecule has 0 radical (unpaired) electrons. The zero-order valence-corrected chi connectivity index (χ0v) is 9.16. The normalized spacial score (nSPS) is 12.8. The third-order valence-electron chi connectivity index (χ3n) is 2.29. The average Bonchev–Trinajstić information content (AvgIpc) is 2.17. The fourth-order valence-corrected chi connectivity index (χ4v) is 1.39. The standard InChI is InChI=1S/C10H18N4O/c1-7(2)8(3-4-11)14-9-5-10(15)13-6-12-9/h5-8H,3-4,11H2,1-2H3,(H2,12,13,14,15). The van der Waals surface area contributed by atoms with Crippen LogP contribution >= 0.6 is 0 Å². The van der Waals surface area contributed by atoms with E-state index in [0.29, 0.717) is 18.3 Å². The van der Waals surface area contributed by atoms with Gasteiger partial charge < -0.3 is 16.0 Å². The first-order valence-electron chi connectivity index (χ1n) is 5.15. The molecule has 0 aliphatic carbocycles. The summed E-state index contributed by atoms with van der Waals surface area (Å²) in [5, 5.41) is 3.21. The van der Waals surface area contributed by atoms with Crippen molar-refractivity contribution >= 4 is 5.82 Å². The van der Waals surface area contributed by atoms with Crippen molar-refractivity contribution in [1.82, 2.24) is 9.97 Å². The highest BCUT2D eigenvalue weighted by Gasteiger charge is 2.12. The van der Waals surface area contributed by atoms with Crippen LogP contribution in [0.15, 0.2) is 17.2 Å². The summed E-state index contributed by atoms with van der Waals surface area (Å²) in [7, 11) is 0. The quantitative estimate of drug-likeness (QED) is 0.663. The van der Waals surface area contributed by atoms with Crippen molar-refractivity contribution in [2.24, 2.45) is 11.7 Å². The number of nitrogens with zero attached hydrogens (tertiary/aromatic N) is 1. The van der Waals surface area contributed by atoms with Gasteiger partial charge in [-0.15, -0.1) is 0 Å². The Labute approximate surface area is 89.1 Å². The van der Waals surface area contributed by atoms with E-state index >= 15 is 0 Å². The number of rotatable bonds is 5. The van der Waals surface area contributed by atoms with Crippen LogP contribution in [0.25, 0.3) is 0 Å². The summed E-state index contributed by atoms with van der Waals surface area (Å²) in [4.78, 5) is 17.6. The van der Waals surface area contributed by atoms with Crippen LogP contribution in [0.1, 0.15) is 20.3 Å². The van der Waals surface area contributed by atoms with Gasteiger partial charge in [-0.1, -0.05) is 13.8 Å². The molecule has 0 amide bonds. The smallest absolute Gasteiger partial charge is 0.252 e. The van der Waals surface area contributed by atoms with Crippen LogP contribution < -0.4 is 16.6 Å². The van der Waals surface area contributed by atoms with E-state index in [2.05, 4.69) is 29.1 Å². The van der Waals surface area contributed by atoms with Gasteiger partial charge in [0.1, 0.15) is 5.82 Å². The van der Waals surface area contributed by atoms with Crippen LogP contribution in [0, 0.1) is 5.92 Å². The van der Waals surface area contributed by atoms with Gasteiger partial charge in [-0.25, -0.2) is 4.98 Å². The maximum atomic E-state index is 11.0. The molecule has 1 aromatic heterocycles. The summed E-state index contributed by atoms with van der Waals surface area (Å²) in [6.45, 7) is 4.85. The van der Waals surface area contributed by atoms with Crippen molar-refractivity contribution in [3.63, 3.8) is 0 Å². The molecule has 1 unspecified atom stereocenters. The van der Waals surface area contributed by atoms with E-state index in [-0.39, 0.29) is 11.6 Å². The molecular formula is C10H18N4O. The molecule has 0 aromatic carbocycles. The summed E-state index contributed by atoms with van der Waals surface area (Å²) >= 11 is 0. The lowest BCUT2D eigenvalue weighted by atomic mass is 10.0. The Morgan fingerprint density at radius 1 is 1.60 bits per heavy atom. The predicted octanol–water partition coefficient (Wildman–Crippen LogP) is 0.555. The maximum Gasteiger partial charge on any atom is 0.252 e. The van der Waals surface area contributed by atoms with Crippen molar-refractivity contribution < 1.29 is 0 Å². The fourth-order valence-electron chi connectivity index (χ4n) is 1.39. The van der Waals surface area contributed by atoms with Crippen LogP contribution in [0.3, 0.4) is 0 Å². The highest BCUT2D eigenvalue weighted by molar-refractivity contribution is 5.33. The van der Waals surface area contributed by atoms with Gasteiger partial charge in [0.25, 0.3) is 5.56 Å². The molecule has 0 bridgehead atoms. The highest BCUT2D eigenvalue weighted by Crippen LogP contribution is 2.10. The van der Waals surface area contributed by atoms with Crippen LogP contribution in [0.2, 0.25) is 0 Å². The summed E-state index contributed by atoms with van der Waals surface area (Å²) in [6.07, 6.45) is 2.26. The molecule has 1 atom stereocenters. The molecular weight excluding hydrogens is 192 g/mol. The molecule has 0 aliphatic rings. The number of nitrogens with two attached hydrogens (primary N) is 1. The van der Waals surface area contributed by atoms with Crippen molar-refractivity contribution in [3.05, 3.63) is 22.7 Å². The number of hydrogen-bond donors (Lipinski definition) is 3. The minimum absolute atomic E-state index is 0.150. The summed E-state index contributed by atoms with van der Waals surface area (Å²) in [6, 6.07) is 1.70. The van der Waals surface area contributed by atoms with Gasteiger partial charge in [0.2, 0.25) is 0 Å². The minimum atomic E-state index is -0.150. The molecule has 4 N–H and O–H groups in total. The van der Waals surface area contributed by atoms with Crippen LogP contribution in [0.4, 0.5) is 5.82 Å². The van der Waals surface area contributed by atoms with Crippen LogP contribution in [0.5, 0.6) is 0 Å². The van der Waals surface area contributed by atoms with Gasteiger partial charge in [-0.05, 0) is 18.9 Å². The maximum absolute atomic E-state index is 11.0.